The van der Waals surface area contributed by atoms with Gasteiger partial charge in [-0.05, 0) is 70.9 Å². The SMILES string of the molecule is Cn1c(=O)n(C2CCC(=O)NC2=O)c2cccc(CCCCOCCCCNC(=O)OC(C)(C)C)c21. The van der Waals surface area contributed by atoms with Crippen molar-refractivity contribution in [2.75, 3.05) is 19.8 Å². The van der Waals surface area contributed by atoms with Crippen molar-refractivity contribution in [1.29, 1.82) is 0 Å². The summed E-state index contributed by atoms with van der Waals surface area (Å²) < 4.78 is 14.0. The largest absolute Gasteiger partial charge is 0.444 e. The number of benzene rings is 1. The zero-order chi connectivity index (χ0) is 26.3. The van der Waals surface area contributed by atoms with E-state index >= 15 is 0 Å². The number of piperidine rings is 1. The van der Waals surface area contributed by atoms with Crippen molar-refractivity contribution in [1.82, 2.24) is 19.8 Å². The number of fused-ring (bicyclic) bond motifs is 1. The minimum absolute atomic E-state index is 0.221. The van der Waals surface area contributed by atoms with Crippen molar-refractivity contribution in [3.05, 3.63) is 34.2 Å². The number of rotatable bonds is 11. The topological polar surface area (TPSA) is 121 Å². The maximum Gasteiger partial charge on any atom is 0.407 e. The number of imidazole rings is 1. The van der Waals surface area contributed by atoms with Gasteiger partial charge in [0.2, 0.25) is 11.8 Å². The number of carbonyl (C=O) groups is 3. The van der Waals surface area contributed by atoms with Crippen LogP contribution in [0.5, 0.6) is 0 Å². The van der Waals surface area contributed by atoms with Crippen molar-refractivity contribution in [2.24, 2.45) is 7.05 Å². The maximum absolute atomic E-state index is 13.0. The monoisotopic (exact) mass is 502 g/mol. The first-order valence-electron chi connectivity index (χ1n) is 12.7. The second-order valence-corrected chi connectivity index (χ2v) is 10.2. The van der Waals surface area contributed by atoms with E-state index in [0.29, 0.717) is 31.7 Å². The summed E-state index contributed by atoms with van der Waals surface area (Å²) in [5, 5.41) is 5.08. The van der Waals surface area contributed by atoms with E-state index in [1.807, 2.05) is 39.0 Å². The fourth-order valence-electron chi connectivity index (χ4n) is 4.41. The van der Waals surface area contributed by atoms with E-state index in [-0.39, 0.29) is 18.0 Å². The van der Waals surface area contributed by atoms with Crippen LogP contribution < -0.4 is 16.3 Å². The van der Waals surface area contributed by atoms with Gasteiger partial charge >= 0.3 is 11.8 Å². The maximum atomic E-state index is 13.0. The molecular formula is C26H38N4O6. The Bertz CT molecular complexity index is 1140. The molecule has 10 heteroatoms. The second kappa shape index (κ2) is 12.2. The third kappa shape index (κ3) is 7.19. The van der Waals surface area contributed by atoms with Gasteiger partial charge in [0, 0.05) is 33.2 Å². The third-order valence-electron chi connectivity index (χ3n) is 6.08. The van der Waals surface area contributed by atoms with Crippen LogP contribution >= 0.6 is 0 Å². The molecule has 0 radical (unpaired) electrons. The molecule has 3 amide bonds. The van der Waals surface area contributed by atoms with E-state index in [2.05, 4.69) is 10.6 Å². The van der Waals surface area contributed by atoms with Crippen molar-refractivity contribution in [3.8, 4) is 0 Å². The molecule has 1 aliphatic rings. The van der Waals surface area contributed by atoms with E-state index < -0.39 is 23.6 Å². The smallest absolute Gasteiger partial charge is 0.407 e. The Hall–Kier alpha value is -3.14. The molecule has 1 atom stereocenters. The van der Waals surface area contributed by atoms with Crippen LogP contribution in [0.3, 0.4) is 0 Å². The summed E-state index contributed by atoms with van der Waals surface area (Å²) in [5.74, 6) is -0.728. The summed E-state index contributed by atoms with van der Waals surface area (Å²) in [4.78, 5) is 48.5. The Morgan fingerprint density at radius 2 is 1.83 bits per heavy atom. The van der Waals surface area contributed by atoms with E-state index in [1.54, 1.807) is 11.6 Å². The Morgan fingerprint density at radius 3 is 2.53 bits per heavy atom. The highest BCUT2D eigenvalue weighted by Gasteiger charge is 2.31. The lowest BCUT2D eigenvalue weighted by molar-refractivity contribution is -0.135. The molecule has 0 aliphatic carbocycles. The van der Waals surface area contributed by atoms with Crippen LogP contribution in [0.1, 0.15) is 70.9 Å². The number of ether oxygens (including phenoxy) is 2. The number of imide groups is 1. The molecule has 2 N–H and O–H groups in total. The molecule has 0 bridgehead atoms. The number of amides is 3. The van der Waals surface area contributed by atoms with E-state index in [4.69, 9.17) is 9.47 Å². The number of aryl methyl sites for hydroxylation is 2. The average molecular weight is 503 g/mol. The molecule has 2 aromatic rings. The van der Waals surface area contributed by atoms with E-state index in [9.17, 15) is 19.2 Å². The minimum atomic E-state index is -0.679. The predicted octanol–water partition coefficient (Wildman–Crippen LogP) is 2.96. The predicted molar refractivity (Wildman–Crippen MR) is 136 cm³/mol. The van der Waals surface area contributed by atoms with Gasteiger partial charge in [-0.2, -0.15) is 0 Å². The Labute approximate surface area is 211 Å². The molecule has 3 rings (SSSR count). The fourth-order valence-corrected chi connectivity index (χ4v) is 4.41. The molecule has 1 aromatic carbocycles. The fraction of sp³-hybridized carbons (Fsp3) is 0.615. The molecule has 1 aliphatic heterocycles. The van der Waals surface area contributed by atoms with Gasteiger partial charge in [-0.15, -0.1) is 0 Å². The molecule has 0 spiro atoms. The number of aromatic nitrogens is 2. The normalized spacial score (nSPS) is 16.3. The summed E-state index contributed by atoms with van der Waals surface area (Å²) in [6.07, 6.45) is 4.38. The highest BCUT2D eigenvalue weighted by atomic mass is 16.6. The zero-order valence-electron chi connectivity index (χ0n) is 21.7. The molecule has 1 saturated heterocycles. The van der Waals surface area contributed by atoms with Crippen molar-refractivity contribution in [2.45, 2.75) is 77.4 Å². The molecule has 1 unspecified atom stereocenters. The van der Waals surface area contributed by atoms with Crippen molar-refractivity contribution >= 4 is 28.9 Å². The molecular weight excluding hydrogens is 464 g/mol. The molecule has 1 fully saturated rings. The summed E-state index contributed by atoms with van der Waals surface area (Å²) in [7, 11) is 1.72. The lowest BCUT2D eigenvalue weighted by atomic mass is 10.0. The number of hydrogen-bond donors (Lipinski definition) is 2. The lowest BCUT2D eigenvalue weighted by Gasteiger charge is -2.21. The van der Waals surface area contributed by atoms with E-state index in [1.165, 1.54) is 4.57 Å². The first-order chi connectivity index (χ1) is 17.1. The number of alkyl carbamates (subject to hydrolysis) is 1. The van der Waals surface area contributed by atoms with Gasteiger partial charge in [0.15, 0.2) is 0 Å². The Morgan fingerprint density at radius 1 is 1.11 bits per heavy atom. The van der Waals surface area contributed by atoms with Crippen LogP contribution in [0.4, 0.5) is 4.79 Å². The summed E-state index contributed by atoms with van der Waals surface area (Å²) in [5.41, 5.74) is 1.84. The molecule has 198 valence electrons. The first-order valence-corrected chi connectivity index (χ1v) is 12.7. The number of nitrogens with one attached hydrogen (secondary N) is 2. The van der Waals surface area contributed by atoms with Crippen LogP contribution in [-0.2, 0) is 32.5 Å². The third-order valence-corrected chi connectivity index (χ3v) is 6.08. The van der Waals surface area contributed by atoms with Gasteiger partial charge < -0.3 is 14.8 Å². The highest BCUT2D eigenvalue weighted by molar-refractivity contribution is 6.00. The van der Waals surface area contributed by atoms with Crippen LogP contribution in [0.2, 0.25) is 0 Å². The summed E-state index contributed by atoms with van der Waals surface area (Å²) in [6.45, 7) is 7.33. The van der Waals surface area contributed by atoms with Crippen LogP contribution in [0, 0.1) is 0 Å². The molecule has 10 nitrogen and oxygen atoms in total. The minimum Gasteiger partial charge on any atom is -0.444 e. The number of nitrogens with zero attached hydrogens (tertiary/aromatic N) is 2. The van der Waals surface area contributed by atoms with Crippen molar-refractivity contribution < 1.29 is 23.9 Å². The molecule has 1 aromatic heterocycles. The van der Waals surface area contributed by atoms with Crippen LogP contribution in [0.25, 0.3) is 11.0 Å². The number of carbonyl (C=O) groups excluding carboxylic acids is 3. The van der Waals surface area contributed by atoms with Gasteiger partial charge in [-0.3, -0.25) is 24.0 Å². The number of unbranched alkanes of at least 4 members (excludes halogenated alkanes) is 2. The van der Waals surface area contributed by atoms with Crippen LogP contribution in [-0.4, -0.2) is 52.4 Å². The van der Waals surface area contributed by atoms with Gasteiger partial charge in [0.25, 0.3) is 0 Å². The zero-order valence-corrected chi connectivity index (χ0v) is 21.7. The Balaban J connectivity index is 1.43. The van der Waals surface area contributed by atoms with Gasteiger partial charge in [0.05, 0.1) is 11.0 Å². The quantitative estimate of drug-likeness (QED) is 0.360. The average Bonchev–Trinajstić information content (AvgIpc) is 3.05. The second-order valence-electron chi connectivity index (χ2n) is 10.2. The number of hydrogen-bond acceptors (Lipinski definition) is 6. The summed E-state index contributed by atoms with van der Waals surface area (Å²) >= 11 is 0. The van der Waals surface area contributed by atoms with Gasteiger partial charge in [0.1, 0.15) is 11.6 Å². The standard InChI is InChI=1S/C26H38N4O6/c1-26(2,3)36-24(33)27-15-6-8-17-35-16-7-5-10-18-11-9-12-19-22(18)29(4)25(34)30(19)20-13-14-21(31)28-23(20)32/h9,11-12,20H,5-8,10,13-17H2,1-4H3,(H,27,33)(H,28,31,32). The molecule has 0 saturated carbocycles. The molecule has 36 heavy (non-hydrogen) atoms. The lowest BCUT2D eigenvalue weighted by Crippen LogP contribution is -2.44. The molecule has 2 heterocycles. The van der Waals surface area contributed by atoms with Crippen LogP contribution in [0.15, 0.2) is 23.0 Å². The highest BCUT2D eigenvalue weighted by Crippen LogP contribution is 2.25. The first kappa shape index (κ1) is 27.4. The Kier molecular flexibility index (Phi) is 9.31. The van der Waals surface area contributed by atoms with Gasteiger partial charge in [-0.25, -0.2) is 9.59 Å². The summed E-state index contributed by atoms with van der Waals surface area (Å²) in [6, 6.07) is 5.09. The van der Waals surface area contributed by atoms with Gasteiger partial charge in [-0.1, -0.05) is 12.1 Å². The number of para-hydroxylation sites is 1. The van der Waals surface area contributed by atoms with Crippen molar-refractivity contribution in [3.63, 3.8) is 0 Å². The van der Waals surface area contributed by atoms with E-state index in [0.717, 1.165) is 43.2 Å².